The Morgan fingerprint density at radius 1 is 1.21 bits per heavy atom. The van der Waals surface area contributed by atoms with E-state index < -0.39 is 0 Å². The molecule has 2 fully saturated rings. The summed E-state index contributed by atoms with van der Waals surface area (Å²) in [5.74, 6) is 3.09. The lowest BCUT2D eigenvalue weighted by Gasteiger charge is -2.32. The molecule has 0 amide bonds. The standard InChI is InChI=1S/C16H22N6OS/c1-23-14-9-13(17-10-18-14)19-12-5-7-22(8-6-12)16-20-15(21-24-16)11-3-2-4-11/h9-12H,2-8H2,1H3,(H,17,18,19). The lowest BCUT2D eigenvalue weighted by molar-refractivity contribution is 0.397. The van der Waals surface area contributed by atoms with Gasteiger partial charge in [-0.3, -0.25) is 0 Å². The highest BCUT2D eigenvalue weighted by atomic mass is 32.1. The van der Waals surface area contributed by atoms with Gasteiger partial charge in [0.05, 0.1) is 7.11 Å². The van der Waals surface area contributed by atoms with Crippen molar-refractivity contribution in [1.29, 1.82) is 0 Å². The molecule has 0 unspecified atom stereocenters. The van der Waals surface area contributed by atoms with E-state index in [2.05, 4.69) is 24.6 Å². The van der Waals surface area contributed by atoms with Gasteiger partial charge < -0.3 is 15.0 Å². The van der Waals surface area contributed by atoms with Crippen LogP contribution < -0.4 is 15.0 Å². The van der Waals surface area contributed by atoms with Gasteiger partial charge >= 0.3 is 0 Å². The first-order valence-electron chi connectivity index (χ1n) is 8.53. The average molecular weight is 346 g/mol. The monoisotopic (exact) mass is 346 g/mol. The second kappa shape index (κ2) is 6.88. The van der Waals surface area contributed by atoms with Crippen molar-refractivity contribution in [1.82, 2.24) is 19.3 Å². The Bertz CT molecular complexity index is 681. The van der Waals surface area contributed by atoms with Gasteiger partial charge in [0.15, 0.2) is 0 Å². The van der Waals surface area contributed by atoms with E-state index in [-0.39, 0.29) is 0 Å². The highest BCUT2D eigenvalue weighted by molar-refractivity contribution is 7.09. The van der Waals surface area contributed by atoms with Crippen LogP contribution in [0.25, 0.3) is 0 Å². The number of ether oxygens (including phenoxy) is 1. The molecule has 1 saturated carbocycles. The number of methoxy groups -OCH3 is 1. The van der Waals surface area contributed by atoms with Crippen LogP contribution in [0, 0.1) is 0 Å². The number of rotatable bonds is 5. The molecule has 128 valence electrons. The molecule has 1 aliphatic heterocycles. The molecule has 7 nitrogen and oxygen atoms in total. The van der Waals surface area contributed by atoms with Gasteiger partial charge in [0.25, 0.3) is 0 Å². The minimum absolute atomic E-state index is 0.417. The van der Waals surface area contributed by atoms with Gasteiger partial charge in [0, 0.05) is 42.6 Å². The summed E-state index contributed by atoms with van der Waals surface area (Å²) in [4.78, 5) is 15.4. The molecule has 2 aromatic rings. The largest absolute Gasteiger partial charge is 0.481 e. The molecule has 24 heavy (non-hydrogen) atoms. The highest BCUT2D eigenvalue weighted by Gasteiger charge is 2.26. The van der Waals surface area contributed by atoms with Crippen molar-refractivity contribution in [3.8, 4) is 5.88 Å². The van der Waals surface area contributed by atoms with Crippen molar-refractivity contribution >= 4 is 22.5 Å². The fraction of sp³-hybridized carbons (Fsp3) is 0.625. The van der Waals surface area contributed by atoms with Gasteiger partial charge in [0.2, 0.25) is 11.0 Å². The van der Waals surface area contributed by atoms with E-state index in [1.165, 1.54) is 25.6 Å². The van der Waals surface area contributed by atoms with Crippen molar-refractivity contribution in [3.63, 3.8) is 0 Å². The topological polar surface area (TPSA) is 76.1 Å². The van der Waals surface area contributed by atoms with E-state index >= 15 is 0 Å². The molecule has 4 rings (SSSR count). The molecule has 8 heteroatoms. The van der Waals surface area contributed by atoms with Gasteiger partial charge in [-0.15, -0.1) is 0 Å². The lowest BCUT2D eigenvalue weighted by atomic mass is 9.85. The molecule has 1 saturated heterocycles. The first-order chi connectivity index (χ1) is 11.8. The maximum Gasteiger partial charge on any atom is 0.218 e. The molecule has 2 aliphatic rings. The van der Waals surface area contributed by atoms with Gasteiger partial charge in [-0.05, 0) is 25.7 Å². The van der Waals surface area contributed by atoms with Crippen LogP contribution in [0.1, 0.15) is 43.8 Å². The van der Waals surface area contributed by atoms with Gasteiger partial charge in [-0.1, -0.05) is 6.42 Å². The number of piperidine rings is 1. The van der Waals surface area contributed by atoms with Crippen molar-refractivity contribution in [2.45, 2.75) is 44.1 Å². The fourth-order valence-corrected chi connectivity index (χ4v) is 3.94. The summed E-state index contributed by atoms with van der Waals surface area (Å²) in [5, 5.41) is 4.56. The summed E-state index contributed by atoms with van der Waals surface area (Å²) in [5.41, 5.74) is 0. The zero-order valence-corrected chi connectivity index (χ0v) is 14.6. The minimum atomic E-state index is 0.417. The number of hydrogen-bond donors (Lipinski definition) is 1. The summed E-state index contributed by atoms with van der Waals surface area (Å²) in [6.07, 6.45) is 7.48. The van der Waals surface area contributed by atoms with E-state index in [9.17, 15) is 0 Å². The first-order valence-corrected chi connectivity index (χ1v) is 9.30. The number of nitrogens with zero attached hydrogens (tertiary/aromatic N) is 5. The zero-order chi connectivity index (χ0) is 16.4. The van der Waals surface area contributed by atoms with E-state index in [1.807, 2.05) is 6.07 Å². The summed E-state index contributed by atoms with van der Waals surface area (Å²) >= 11 is 1.55. The molecule has 0 atom stereocenters. The zero-order valence-electron chi connectivity index (χ0n) is 13.8. The second-order valence-electron chi connectivity index (χ2n) is 6.41. The van der Waals surface area contributed by atoms with Crippen LogP contribution in [0.15, 0.2) is 12.4 Å². The number of anilines is 2. The Labute approximate surface area is 145 Å². The van der Waals surface area contributed by atoms with Gasteiger partial charge in [0.1, 0.15) is 18.0 Å². The third-order valence-electron chi connectivity index (χ3n) is 4.87. The summed E-state index contributed by atoms with van der Waals surface area (Å²) in [6.45, 7) is 2.00. The van der Waals surface area contributed by atoms with Gasteiger partial charge in [-0.2, -0.15) is 4.37 Å². The van der Waals surface area contributed by atoms with Crippen LogP contribution in [0.3, 0.4) is 0 Å². The third kappa shape index (κ3) is 3.28. The molecule has 0 radical (unpaired) electrons. The van der Waals surface area contributed by atoms with Crippen LogP contribution in [0.2, 0.25) is 0 Å². The van der Waals surface area contributed by atoms with Crippen LogP contribution in [-0.2, 0) is 0 Å². The normalized spacial score (nSPS) is 19.1. The first kappa shape index (κ1) is 15.6. The van der Waals surface area contributed by atoms with Crippen LogP contribution in [0.4, 0.5) is 10.9 Å². The highest BCUT2D eigenvalue weighted by Crippen LogP contribution is 2.36. The molecule has 2 aromatic heterocycles. The predicted molar refractivity (Wildman–Crippen MR) is 93.9 cm³/mol. The molecule has 1 N–H and O–H groups in total. The van der Waals surface area contributed by atoms with Crippen molar-refractivity contribution in [2.24, 2.45) is 0 Å². The number of nitrogens with one attached hydrogen (secondary N) is 1. The molecule has 1 aliphatic carbocycles. The Hall–Kier alpha value is -1.96. The number of hydrogen-bond acceptors (Lipinski definition) is 8. The number of aromatic nitrogens is 4. The summed E-state index contributed by atoms with van der Waals surface area (Å²) in [7, 11) is 1.62. The summed E-state index contributed by atoms with van der Waals surface area (Å²) < 4.78 is 9.70. The fourth-order valence-electron chi connectivity index (χ4n) is 3.14. The van der Waals surface area contributed by atoms with E-state index in [0.29, 0.717) is 17.8 Å². The Morgan fingerprint density at radius 3 is 2.75 bits per heavy atom. The quantitative estimate of drug-likeness (QED) is 0.892. The van der Waals surface area contributed by atoms with E-state index in [1.54, 1.807) is 18.6 Å². The second-order valence-corrected chi connectivity index (χ2v) is 7.14. The minimum Gasteiger partial charge on any atom is -0.481 e. The Balaban J connectivity index is 1.32. The molecule has 3 heterocycles. The smallest absolute Gasteiger partial charge is 0.218 e. The van der Waals surface area contributed by atoms with Crippen molar-refractivity contribution in [2.75, 3.05) is 30.4 Å². The summed E-state index contributed by atoms with van der Waals surface area (Å²) in [6, 6.07) is 2.25. The lowest BCUT2D eigenvalue weighted by Crippen LogP contribution is -2.39. The maximum absolute atomic E-state index is 5.14. The van der Waals surface area contributed by atoms with Crippen molar-refractivity contribution in [3.05, 3.63) is 18.2 Å². The molecule has 0 aromatic carbocycles. The Morgan fingerprint density at radius 2 is 2.04 bits per heavy atom. The predicted octanol–water partition coefficient (Wildman–Crippen LogP) is 2.69. The van der Waals surface area contributed by atoms with Crippen molar-refractivity contribution < 1.29 is 4.74 Å². The SMILES string of the molecule is COc1cc(NC2CCN(c3nc(C4CCC4)ns3)CC2)ncn1. The Kier molecular flexibility index (Phi) is 4.46. The molecular weight excluding hydrogens is 324 g/mol. The van der Waals surface area contributed by atoms with Crippen LogP contribution in [-0.4, -0.2) is 45.6 Å². The van der Waals surface area contributed by atoms with E-state index in [4.69, 9.17) is 9.72 Å². The van der Waals surface area contributed by atoms with Crippen LogP contribution >= 0.6 is 11.5 Å². The molecule has 0 spiro atoms. The third-order valence-corrected chi connectivity index (χ3v) is 5.66. The average Bonchev–Trinajstić information content (AvgIpc) is 3.03. The van der Waals surface area contributed by atoms with Gasteiger partial charge in [-0.25, -0.2) is 15.0 Å². The van der Waals surface area contributed by atoms with Crippen LogP contribution in [0.5, 0.6) is 5.88 Å². The molecular formula is C16H22N6OS. The maximum atomic E-state index is 5.14. The molecule has 0 bridgehead atoms. The van der Waals surface area contributed by atoms with E-state index in [0.717, 1.165) is 42.7 Å².